The molecule has 5 heteroatoms. The van der Waals surface area contributed by atoms with Crippen LogP contribution in [-0.2, 0) is 9.59 Å². The minimum absolute atomic E-state index is 0.00316. The third kappa shape index (κ3) is 5.70. The summed E-state index contributed by atoms with van der Waals surface area (Å²) in [6.45, 7) is 5.15. The van der Waals surface area contributed by atoms with Gasteiger partial charge in [0, 0.05) is 19.0 Å². The average Bonchev–Trinajstić information content (AvgIpc) is 2.25. The van der Waals surface area contributed by atoms with Crippen molar-refractivity contribution in [3.05, 3.63) is 0 Å². The molecule has 94 valence electrons. The molecule has 0 saturated carbocycles. The van der Waals surface area contributed by atoms with Crippen molar-refractivity contribution >= 4 is 11.9 Å². The van der Waals surface area contributed by atoms with Crippen LogP contribution in [0.25, 0.3) is 0 Å². The van der Waals surface area contributed by atoms with Crippen molar-refractivity contribution in [1.29, 1.82) is 0 Å². The topological polar surface area (TPSA) is 83.6 Å². The summed E-state index contributed by atoms with van der Waals surface area (Å²) >= 11 is 0. The second kappa shape index (κ2) is 8.10. The number of carbonyl (C=O) groups excluding carboxylic acids is 1. The van der Waals surface area contributed by atoms with Crippen LogP contribution in [0.5, 0.6) is 0 Å². The minimum Gasteiger partial charge on any atom is -0.481 e. The number of aliphatic carboxylic acids is 1. The fraction of sp³-hybridized carbons (Fsp3) is 0.818. The molecule has 0 aliphatic heterocycles. The molecule has 0 saturated heterocycles. The Labute approximate surface area is 96.6 Å². The van der Waals surface area contributed by atoms with Gasteiger partial charge in [-0.25, -0.2) is 0 Å². The minimum atomic E-state index is -0.874. The van der Waals surface area contributed by atoms with Crippen LogP contribution < -0.4 is 5.73 Å². The van der Waals surface area contributed by atoms with Crippen molar-refractivity contribution < 1.29 is 14.7 Å². The maximum Gasteiger partial charge on any atom is 0.305 e. The van der Waals surface area contributed by atoms with Gasteiger partial charge in [-0.15, -0.1) is 0 Å². The first-order chi connectivity index (χ1) is 7.52. The lowest BCUT2D eigenvalue weighted by atomic mass is 10.0. The largest absolute Gasteiger partial charge is 0.481 e. The summed E-state index contributed by atoms with van der Waals surface area (Å²) in [6, 6.07) is 0. The highest BCUT2D eigenvalue weighted by atomic mass is 16.4. The fourth-order valence-corrected chi connectivity index (χ4v) is 1.51. The maximum atomic E-state index is 11.9. The normalized spacial score (nSPS) is 12.2. The van der Waals surface area contributed by atoms with Gasteiger partial charge in [-0.2, -0.15) is 0 Å². The van der Waals surface area contributed by atoms with Gasteiger partial charge in [0.1, 0.15) is 0 Å². The zero-order valence-electron chi connectivity index (χ0n) is 10.1. The molecule has 16 heavy (non-hydrogen) atoms. The first-order valence-electron chi connectivity index (χ1n) is 5.73. The maximum absolute atomic E-state index is 11.9. The Bertz CT molecular complexity index is 231. The highest BCUT2D eigenvalue weighted by Crippen LogP contribution is 2.09. The zero-order chi connectivity index (χ0) is 12.6. The van der Waals surface area contributed by atoms with E-state index in [1.54, 1.807) is 4.90 Å². The summed E-state index contributed by atoms with van der Waals surface area (Å²) in [4.78, 5) is 23.9. The van der Waals surface area contributed by atoms with Gasteiger partial charge in [-0.1, -0.05) is 6.92 Å². The number of hydrogen-bond donors (Lipinski definition) is 2. The SMILES string of the molecule is CCN(CCC(=O)O)C(=O)C(C)CCCN. The Kier molecular flexibility index (Phi) is 7.54. The number of carboxylic acid groups (broad SMARTS) is 1. The van der Waals surface area contributed by atoms with Crippen LogP contribution in [0, 0.1) is 5.92 Å². The number of carboxylic acids is 1. The third-order valence-corrected chi connectivity index (χ3v) is 2.55. The molecule has 1 atom stereocenters. The van der Waals surface area contributed by atoms with E-state index < -0.39 is 5.97 Å². The molecule has 0 aromatic carbocycles. The Balaban J connectivity index is 4.12. The van der Waals surface area contributed by atoms with E-state index in [0.29, 0.717) is 13.1 Å². The molecule has 0 radical (unpaired) electrons. The molecule has 1 unspecified atom stereocenters. The second-order valence-electron chi connectivity index (χ2n) is 3.89. The summed E-state index contributed by atoms with van der Waals surface area (Å²) in [7, 11) is 0. The Morgan fingerprint density at radius 3 is 2.50 bits per heavy atom. The van der Waals surface area contributed by atoms with E-state index in [-0.39, 0.29) is 24.8 Å². The Morgan fingerprint density at radius 1 is 1.44 bits per heavy atom. The summed E-state index contributed by atoms with van der Waals surface area (Å²) in [5.41, 5.74) is 5.38. The van der Waals surface area contributed by atoms with Gasteiger partial charge in [0.2, 0.25) is 5.91 Å². The molecule has 0 bridgehead atoms. The predicted molar refractivity (Wildman–Crippen MR) is 62.0 cm³/mol. The quantitative estimate of drug-likeness (QED) is 0.642. The van der Waals surface area contributed by atoms with Crippen LogP contribution in [0.15, 0.2) is 0 Å². The van der Waals surface area contributed by atoms with E-state index >= 15 is 0 Å². The monoisotopic (exact) mass is 230 g/mol. The summed E-state index contributed by atoms with van der Waals surface area (Å²) in [5, 5.41) is 8.57. The Morgan fingerprint density at radius 2 is 2.06 bits per heavy atom. The van der Waals surface area contributed by atoms with Crippen molar-refractivity contribution in [2.24, 2.45) is 11.7 Å². The van der Waals surface area contributed by atoms with E-state index in [4.69, 9.17) is 10.8 Å². The van der Waals surface area contributed by atoms with Crippen LogP contribution in [0.3, 0.4) is 0 Å². The Hall–Kier alpha value is -1.10. The van der Waals surface area contributed by atoms with Crippen LogP contribution in [-0.4, -0.2) is 41.5 Å². The van der Waals surface area contributed by atoms with E-state index in [2.05, 4.69) is 0 Å². The van der Waals surface area contributed by atoms with E-state index in [0.717, 1.165) is 12.8 Å². The third-order valence-electron chi connectivity index (χ3n) is 2.55. The van der Waals surface area contributed by atoms with Crippen LogP contribution >= 0.6 is 0 Å². The van der Waals surface area contributed by atoms with E-state index in [1.165, 1.54) is 0 Å². The van der Waals surface area contributed by atoms with Gasteiger partial charge in [0.25, 0.3) is 0 Å². The van der Waals surface area contributed by atoms with Crippen LogP contribution in [0.2, 0.25) is 0 Å². The summed E-state index contributed by atoms with van der Waals surface area (Å²) < 4.78 is 0. The van der Waals surface area contributed by atoms with Crippen molar-refractivity contribution in [3.8, 4) is 0 Å². The predicted octanol–water partition coefficient (Wildman–Crippen LogP) is 0.685. The number of carbonyl (C=O) groups is 2. The zero-order valence-corrected chi connectivity index (χ0v) is 10.1. The molecular weight excluding hydrogens is 208 g/mol. The molecule has 0 heterocycles. The molecule has 0 aromatic rings. The molecule has 1 amide bonds. The smallest absolute Gasteiger partial charge is 0.305 e. The molecule has 0 fully saturated rings. The summed E-state index contributed by atoms with van der Waals surface area (Å²) in [5.74, 6) is -0.921. The van der Waals surface area contributed by atoms with Crippen molar-refractivity contribution in [2.75, 3.05) is 19.6 Å². The molecule has 0 spiro atoms. The van der Waals surface area contributed by atoms with Gasteiger partial charge in [0.15, 0.2) is 0 Å². The van der Waals surface area contributed by atoms with Gasteiger partial charge in [0.05, 0.1) is 6.42 Å². The highest BCUT2D eigenvalue weighted by Gasteiger charge is 2.19. The number of hydrogen-bond acceptors (Lipinski definition) is 3. The van der Waals surface area contributed by atoms with E-state index in [1.807, 2.05) is 13.8 Å². The van der Waals surface area contributed by atoms with E-state index in [9.17, 15) is 9.59 Å². The van der Waals surface area contributed by atoms with Crippen molar-refractivity contribution in [3.63, 3.8) is 0 Å². The lowest BCUT2D eigenvalue weighted by Crippen LogP contribution is -2.36. The highest BCUT2D eigenvalue weighted by molar-refractivity contribution is 5.79. The average molecular weight is 230 g/mol. The van der Waals surface area contributed by atoms with Crippen molar-refractivity contribution in [2.45, 2.75) is 33.1 Å². The molecule has 3 N–H and O–H groups in total. The fourth-order valence-electron chi connectivity index (χ4n) is 1.51. The number of amides is 1. The molecular formula is C11H22N2O3. The first kappa shape index (κ1) is 14.9. The number of nitrogens with zero attached hydrogens (tertiary/aromatic N) is 1. The lowest BCUT2D eigenvalue weighted by Gasteiger charge is -2.23. The second-order valence-corrected chi connectivity index (χ2v) is 3.89. The van der Waals surface area contributed by atoms with Gasteiger partial charge in [-0.05, 0) is 26.3 Å². The lowest BCUT2D eigenvalue weighted by molar-refractivity contribution is -0.139. The molecule has 0 aromatic heterocycles. The summed E-state index contributed by atoms with van der Waals surface area (Å²) in [6.07, 6.45) is 1.59. The van der Waals surface area contributed by atoms with Gasteiger partial charge in [-0.3, -0.25) is 9.59 Å². The first-order valence-corrected chi connectivity index (χ1v) is 5.73. The van der Waals surface area contributed by atoms with Gasteiger partial charge >= 0.3 is 5.97 Å². The molecule has 0 aliphatic carbocycles. The standard InChI is InChI=1S/C11H22N2O3/c1-3-13(8-6-10(14)15)11(16)9(2)5-4-7-12/h9H,3-8,12H2,1-2H3,(H,14,15). The van der Waals surface area contributed by atoms with Crippen molar-refractivity contribution in [1.82, 2.24) is 4.90 Å². The number of nitrogens with two attached hydrogens (primary N) is 1. The van der Waals surface area contributed by atoms with Crippen LogP contribution in [0.4, 0.5) is 0 Å². The van der Waals surface area contributed by atoms with Gasteiger partial charge < -0.3 is 15.7 Å². The number of rotatable bonds is 8. The molecule has 0 aliphatic rings. The molecule has 0 rings (SSSR count). The molecule has 5 nitrogen and oxygen atoms in total. The van der Waals surface area contributed by atoms with Crippen LogP contribution in [0.1, 0.15) is 33.1 Å².